The molecule has 0 bridgehead atoms. The number of rotatable bonds is 4. The molecular weight excluding hydrogens is 272 g/mol. The smallest absolute Gasteiger partial charge is 0.251 e. The number of benzene rings is 2. The summed E-state index contributed by atoms with van der Waals surface area (Å²) in [5.74, 6) is -0.0192. The Morgan fingerprint density at radius 3 is 2.64 bits per heavy atom. The Kier molecular flexibility index (Phi) is 3.96. The van der Waals surface area contributed by atoms with Crippen molar-refractivity contribution in [3.63, 3.8) is 0 Å². The first-order chi connectivity index (χ1) is 10.6. The van der Waals surface area contributed by atoms with Gasteiger partial charge in [-0.1, -0.05) is 29.8 Å². The molecule has 112 valence electrons. The van der Waals surface area contributed by atoms with Crippen LogP contribution in [-0.2, 0) is 6.42 Å². The van der Waals surface area contributed by atoms with Gasteiger partial charge in [0.25, 0.3) is 5.91 Å². The summed E-state index contributed by atoms with van der Waals surface area (Å²) in [4.78, 5) is 15.5. The first-order valence-corrected chi connectivity index (χ1v) is 7.56. The van der Waals surface area contributed by atoms with E-state index in [1.165, 1.54) is 22.2 Å². The number of carbonyl (C=O) groups is 1. The molecule has 3 aromatic rings. The normalized spacial score (nSPS) is 10.8. The predicted molar refractivity (Wildman–Crippen MR) is 90.3 cm³/mol. The summed E-state index contributed by atoms with van der Waals surface area (Å²) in [6.45, 7) is 4.82. The van der Waals surface area contributed by atoms with E-state index in [2.05, 4.69) is 42.3 Å². The summed E-state index contributed by atoms with van der Waals surface area (Å²) in [6.07, 6.45) is 0.827. The van der Waals surface area contributed by atoms with Gasteiger partial charge in [0.05, 0.1) is 0 Å². The fourth-order valence-electron chi connectivity index (χ4n) is 2.81. The highest BCUT2D eigenvalue weighted by Gasteiger charge is 2.09. The van der Waals surface area contributed by atoms with E-state index in [9.17, 15) is 4.79 Å². The second kappa shape index (κ2) is 6.06. The maximum atomic E-state index is 12.1. The van der Waals surface area contributed by atoms with Crippen molar-refractivity contribution >= 4 is 16.8 Å². The van der Waals surface area contributed by atoms with Gasteiger partial charge in [0.2, 0.25) is 0 Å². The minimum absolute atomic E-state index is 0.0192. The van der Waals surface area contributed by atoms with Crippen LogP contribution in [0.15, 0.2) is 48.5 Å². The molecule has 1 heterocycles. The molecule has 3 rings (SSSR count). The van der Waals surface area contributed by atoms with E-state index in [4.69, 9.17) is 0 Å². The van der Waals surface area contributed by atoms with Gasteiger partial charge in [-0.2, -0.15) is 0 Å². The zero-order chi connectivity index (χ0) is 15.5. The van der Waals surface area contributed by atoms with E-state index in [1.54, 1.807) is 0 Å². The highest BCUT2D eigenvalue weighted by atomic mass is 16.1. The molecule has 0 aliphatic rings. The third-order valence-corrected chi connectivity index (χ3v) is 3.97. The molecule has 0 aliphatic carbocycles. The SMILES string of the molecule is Cc1ccc2[nH]c(C)c(CCNC(=O)c3ccccc3)c2c1. The van der Waals surface area contributed by atoms with Crippen molar-refractivity contribution in [2.24, 2.45) is 0 Å². The van der Waals surface area contributed by atoms with Crippen LogP contribution in [0.25, 0.3) is 10.9 Å². The lowest BCUT2D eigenvalue weighted by Crippen LogP contribution is -2.25. The Bertz CT molecular complexity index is 803. The first kappa shape index (κ1) is 14.4. The van der Waals surface area contributed by atoms with Crippen LogP contribution in [-0.4, -0.2) is 17.4 Å². The minimum Gasteiger partial charge on any atom is -0.358 e. The fourth-order valence-corrected chi connectivity index (χ4v) is 2.81. The van der Waals surface area contributed by atoms with Gasteiger partial charge in [-0.25, -0.2) is 0 Å². The molecule has 0 unspecified atom stereocenters. The van der Waals surface area contributed by atoms with Crippen LogP contribution < -0.4 is 5.32 Å². The Hall–Kier alpha value is -2.55. The second-order valence-corrected chi connectivity index (χ2v) is 5.65. The molecule has 1 amide bonds. The molecule has 0 saturated heterocycles. The highest BCUT2D eigenvalue weighted by Crippen LogP contribution is 2.23. The van der Waals surface area contributed by atoms with Gasteiger partial charge in [-0.05, 0) is 50.1 Å². The molecule has 0 aliphatic heterocycles. The molecule has 2 N–H and O–H groups in total. The number of aromatic nitrogens is 1. The lowest BCUT2D eigenvalue weighted by molar-refractivity contribution is 0.0954. The maximum Gasteiger partial charge on any atom is 0.251 e. The van der Waals surface area contributed by atoms with Gasteiger partial charge in [-0.3, -0.25) is 4.79 Å². The molecule has 1 aromatic heterocycles. The summed E-state index contributed by atoms with van der Waals surface area (Å²) in [7, 11) is 0. The fraction of sp³-hybridized carbons (Fsp3) is 0.211. The largest absolute Gasteiger partial charge is 0.358 e. The molecular formula is C19H20N2O. The van der Waals surface area contributed by atoms with Crippen molar-refractivity contribution in [3.05, 3.63) is 70.9 Å². The van der Waals surface area contributed by atoms with Crippen LogP contribution in [0.1, 0.15) is 27.2 Å². The number of aromatic amines is 1. The molecule has 2 aromatic carbocycles. The van der Waals surface area contributed by atoms with Crippen LogP contribution >= 0.6 is 0 Å². The average Bonchev–Trinajstić information content (AvgIpc) is 2.83. The number of hydrogen-bond donors (Lipinski definition) is 2. The molecule has 22 heavy (non-hydrogen) atoms. The molecule has 0 saturated carbocycles. The van der Waals surface area contributed by atoms with E-state index < -0.39 is 0 Å². The number of fused-ring (bicyclic) bond motifs is 1. The third kappa shape index (κ3) is 2.89. The van der Waals surface area contributed by atoms with Gasteiger partial charge in [0.1, 0.15) is 0 Å². The number of H-pyrrole nitrogens is 1. The quantitative estimate of drug-likeness (QED) is 0.755. The van der Waals surface area contributed by atoms with Gasteiger partial charge in [0, 0.05) is 28.7 Å². The van der Waals surface area contributed by atoms with Crippen molar-refractivity contribution in [2.45, 2.75) is 20.3 Å². The molecule has 0 radical (unpaired) electrons. The molecule has 0 fully saturated rings. The Balaban J connectivity index is 1.71. The zero-order valence-corrected chi connectivity index (χ0v) is 12.9. The lowest BCUT2D eigenvalue weighted by Gasteiger charge is -2.06. The van der Waals surface area contributed by atoms with Gasteiger partial charge in [0.15, 0.2) is 0 Å². The van der Waals surface area contributed by atoms with Crippen molar-refractivity contribution in [1.82, 2.24) is 10.3 Å². The van der Waals surface area contributed by atoms with Crippen LogP contribution in [0.3, 0.4) is 0 Å². The summed E-state index contributed by atoms with van der Waals surface area (Å²) < 4.78 is 0. The van der Waals surface area contributed by atoms with Crippen LogP contribution in [0.2, 0.25) is 0 Å². The average molecular weight is 292 g/mol. The lowest BCUT2D eigenvalue weighted by atomic mass is 10.1. The Morgan fingerprint density at radius 2 is 1.86 bits per heavy atom. The molecule has 0 atom stereocenters. The van der Waals surface area contributed by atoms with E-state index >= 15 is 0 Å². The molecule has 0 spiro atoms. The molecule has 3 heteroatoms. The van der Waals surface area contributed by atoms with Crippen molar-refractivity contribution in [2.75, 3.05) is 6.54 Å². The predicted octanol–water partition coefficient (Wildman–Crippen LogP) is 3.76. The van der Waals surface area contributed by atoms with Gasteiger partial charge >= 0.3 is 0 Å². The summed E-state index contributed by atoms with van der Waals surface area (Å²) >= 11 is 0. The van der Waals surface area contributed by atoms with E-state index in [-0.39, 0.29) is 5.91 Å². The van der Waals surface area contributed by atoms with Crippen LogP contribution in [0.5, 0.6) is 0 Å². The standard InChI is InChI=1S/C19H20N2O/c1-13-8-9-18-17(12-13)16(14(2)21-18)10-11-20-19(22)15-6-4-3-5-7-15/h3-9,12,21H,10-11H2,1-2H3,(H,20,22). The number of nitrogens with one attached hydrogen (secondary N) is 2. The summed E-state index contributed by atoms with van der Waals surface area (Å²) in [6, 6.07) is 15.7. The number of aryl methyl sites for hydroxylation is 2. The van der Waals surface area contributed by atoms with E-state index in [0.29, 0.717) is 12.1 Å². The third-order valence-electron chi connectivity index (χ3n) is 3.97. The Morgan fingerprint density at radius 1 is 1.09 bits per heavy atom. The van der Waals surface area contributed by atoms with Gasteiger partial charge in [-0.15, -0.1) is 0 Å². The highest BCUT2D eigenvalue weighted by molar-refractivity contribution is 5.94. The first-order valence-electron chi connectivity index (χ1n) is 7.56. The number of carbonyl (C=O) groups excluding carboxylic acids is 1. The van der Waals surface area contributed by atoms with E-state index in [1.807, 2.05) is 30.3 Å². The minimum atomic E-state index is -0.0192. The van der Waals surface area contributed by atoms with E-state index in [0.717, 1.165) is 11.9 Å². The number of amides is 1. The maximum absolute atomic E-state index is 12.1. The monoisotopic (exact) mass is 292 g/mol. The van der Waals surface area contributed by atoms with Crippen molar-refractivity contribution < 1.29 is 4.79 Å². The zero-order valence-electron chi connectivity index (χ0n) is 12.9. The topological polar surface area (TPSA) is 44.9 Å². The van der Waals surface area contributed by atoms with Crippen LogP contribution in [0.4, 0.5) is 0 Å². The van der Waals surface area contributed by atoms with Crippen molar-refractivity contribution in [3.8, 4) is 0 Å². The summed E-state index contributed by atoms with van der Waals surface area (Å²) in [5.41, 5.74) is 5.57. The Labute approximate surface area is 130 Å². The second-order valence-electron chi connectivity index (χ2n) is 5.65. The summed E-state index contributed by atoms with van der Waals surface area (Å²) in [5, 5.41) is 4.25. The van der Waals surface area contributed by atoms with Crippen LogP contribution in [0, 0.1) is 13.8 Å². The van der Waals surface area contributed by atoms with Gasteiger partial charge < -0.3 is 10.3 Å². The number of hydrogen-bond acceptors (Lipinski definition) is 1. The van der Waals surface area contributed by atoms with Crippen molar-refractivity contribution in [1.29, 1.82) is 0 Å². The molecule has 3 nitrogen and oxygen atoms in total.